The lowest BCUT2D eigenvalue weighted by Crippen LogP contribution is -2.29. The molecule has 1 amide bonds. The van der Waals surface area contributed by atoms with Gasteiger partial charge in [0, 0.05) is 22.2 Å². The van der Waals surface area contributed by atoms with E-state index in [9.17, 15) is 4.79 Å². The molecule has 0 atom stereocenters. The van der Waals surface area contributed by atoms with E-state index in [-0.39, 0.29) is 12.5 Å². The van der Waals surface area contributed by atoms with E-state index in [0.717, 1.165) is 17.5 Å². The Labute approximate surface area is 166 Å². The van der Waals surface area contributed by atoms with Crippen LogP contribution in [0.1, 0.15) is 5.56 Å². The monoisotopic (exact) mass is 406 g/mol. The third-order valence-electron chi connectivity index (χ3n) is 3.81. The Balaban J connectivity index is 1.62. The molecule has 0 fully saturated rings. The SMILES string of the molecule is O=C(Cn1c(-c2ccc(Cl)cc2)n[nH]c1=S)NCCc1ccc(Cl)cc1. The molecule has 0 saturated carbocycles. The lowest BCUT2D eigenvalue weighted by atomic mass is 10.1. The van der Waals surface area contributed by atoms with Gasteiger partial charge in [-0.05, 0) is 60.6 Å². The van der Waals surface area contributed by atoms with Crippen molar-refractivity contribution in [2.45, 2.75) is 13.0 Å². The molecule has 5 nitrogen and oxygen atoms in total. The minimum Gasteiger partial charge on any atom is -0.354 e. The number of halogens is 2. The van der Waals surface area contributed by atoms with Crippen molar-refractivity contribution in [3.05, 3.63) is 68.9 Å². The summed E-state index contributed by atoms with van der Waals surface area (Å²) in [4.78, 5) is 12.3. The van der Waals surface area contributed by atoms with Crippen LogP contribution in [-0.2, 0) is 17.8 Å². The van der Waals surface area contributed by atoms with Crippen LogP contribution in [-0.4, -0.2) is 27.2 Å². The molecule has 1 aromatic heterocycles. The fraction of sp³-hybridized carbons (Fsp3) is 0.167. The Bertz CT molecular complexity index is 949. The topological polar surface area (TPSA) is 62.7 Å². The third kappa shape index (κ3) is 4.72. The van der Waals surface area contributed by atoms with E-state index >= 15 is 0 Å². The molecule has 0 unspecified atom stereocenters. The quantitative estimate of drug-likeness (QED) is 0.600. The molecule has 8 heteroatoms. The molecule has 0 aliphatic heterocycles. The lowest BCUT2D eigenvalue weighted by Gasteiger charge is -2.08. The van der Waals surface area contributed by atoms with E-state index in [1.165, 1.54) is 0 Å². The number of aromatic nitrogens is 3. The molecular weight excluding hydrogens is 391 g/mol. The van der Waals surface area contributed by atoms with E-state index in [4.69, 9.17) is 35.4 Å². The number of amides is 1. The maximum absolute atomic E-state index is 12.3. The van der Waals surface area contributed by atoms with Gasteiger partial charge in [0.1, 0.15) is 6.54 Å². The molecule has 0 aliphatic carbocycles. The molecule has 0 aliphatic rings. The van der Waals surface area contributed by atoms with Gasteiger partial charge in [-0.15, -0.1) is 0 Å². The number of nitrogens with zero attached hydrogens (tertiary/aromatic N) is 2. The summed E-state index contributed by atoms with van der Waals surface area (Å²) in [5.41, 5.74) is 1.94. The van der Waals surface area contributed by atoms with Gasteiger partial charge in [0.15, 0.2) is 10.6 Å². The second-order valence-electron chi connectivity index (χ2n) is 5.67. The highest BCUT2D eigenvalue weighted by molar-refractivity contribution is 7.71. The van der Waals surface area contributed by atoms with Crippen molar-refractivity contribution >= 4 is 41.3 Å². The summed E-state index contributed by atoms with van der Waals surface area (Å²) >= 11 is 17.0. The van der Waals surface area contributed by atoms with Crippen molar-refractivity contribution < 1.29 is 4.79 Å². The molecule has 0 bridgehead atoms. The largest absolute Gasteiger partial charge is 0.354 e. The van der Waals surface area contributed by atoms with Crippen molar-refractivity contribution in [2.75, 3.05) is 6.54 Å². The van der Waals surface area contributed by atoms with Gasteiger partial charge < -0.3 is 5.32 Å². The van der Waals surface area contributed by atoms with Gasteiger partial charge in [-0.2, -0.15) is 5.10 Å². The molecule has 2 aromatic carbocycles. The van der Waals surface area contributed by atoms with E-state index in [0.29, 0.717) is 27.2 Å². The molecular formula is C18H16Cl2N4OS. The highest BCUT2D eigenvalue weighted by atomic mass is 35.5. The second kappa shape index (κ2) is 8.49. The highest BCUT2D eigenvalue weighted by Crippen LogP contribution is 2.19. The fourth-order valence-corrected chi connectivity index (χ4v) is 2.93. The van der Waals surface area contributed by atoms with Crippen LogP contribution < -0.4 is 5.32 Å². The number of H-pyrrole nitrogens is 1. The molecule has 26 heavy (non-hydrogen) atoms. The Kier molecular flexibility index (Phi) is 6.08. The van der Waals surface area contributed by atoms with E-state index < -0.39 is 0 Å². The summed E-state index contributed by atoms with van der Waals surface area (Å²) < 4.78 is 2.05. The van der Waals surface area contributed by atoms with E-state index in [2.05, 4.69) is 15.5 Å². The molecule has 2 N–H and O–H groups in total. The van der Waals surface area contributed by atoms with Crippen molar-refractivity contribution in [1.29, 1.82) is 0 Å². The summed E-state index contributed by atoms with van der Waals surface area (Å²) in [6.07, 6.45) is 0.726. The number of carbonyl (C=O) groups is 1. The number of aromatic amines is 1. The number of nitrogens with one attached hydrogen (secondary N) is 2. The number of rotatable bonds is 6. The summed E-state index contributed by atoms with van der Waals surface area (Å²) in [5, 5.41) is 11.2. The molecule has 0 spiro atoms. The van der Waals surface area contributed by atoms with Gasteiger partial charge in [-0.1, -0.05) is 35.3 Å². The Hall–Kier alpha value is -2.15. The first-order chi connectivity index (χ1) is 12.5. The van der Waals surface area contributed by atoms with Crippen molar-refractivity contribution in [1.82, 2.24) is 20.1 Å². The van der Waals surface area contributed by atoms with Crippen LogP contribution >= 0.6 is 35.4 Å². The standard InChI is InChI=1S/C18H16Cl2N4OS/c19-14-5-1-12(2-6-14)9-10-21-16(25)11-24-17(22-23-18(24)26)13-3-7-15(20)8-4-13/h1-8H,9-11H2,(H,21,25)(H,23,26). The Morgan fingerprint density at radius 3 is 2.35 bits per heavy atom. The zero-order valence-electron chi connectivity index (χ0n) is 13.7. The van der Waals surface area contributed by atoms with Crippen LogP contribution in [0.15, 0.2) is 48.5 Å². The maximum atomic E-state index is 12.3. The number of carbonyl (C=O) groups excluding carboxylic acids is 1. The number of benzene rings is 2. The number of hydrogen-bond donors (Lipinski definition) is 2. The first-order valence-electron chi connectivity index (χ1n) is 7.95. The molecule has 3 aromatic rings. The third-order valence-corrected chi connectivity index (χ3v) is 4.63. The van der Waals surface area contributed by atoms with Gasteiger partial charge in [0.2, 0.25) is 5.91 Å². The summed E-state index contributed by atoms with van der Waals surface area (Å²) in [6.45, 7) is 0.621. The zero-order valence-corrected chi connectivity index (χ0v) is 16.0. The zero-order chi connectivity index (χ0) is 18.5. The van der Waals surface area contributed by atoms with Crippen LogP contribution in [0.2, 0.25) is 10.0 Å². The maximum Gasteiger partial charge on any atom is 0.240 e. The Morgan fingerprint density at radius 1 is 1.08 bits per heavy atom. The first-order valence-corrected chi connectivity index (χ1v) is 9.11. The average Bonchev–Trinajstić information content (AvgIpc) is 2.98. The van der Waals surface area contributed by atoms with Crippen LogP contribution in [0.4, 0.5) is 0 Å². The van der Waals surface area contributed by atoms with Crippen molar-refractivity contribution in [3.8, 4) is 11.4 Å². The van der Waals surface area contributed by atoms with E-state index in [1.54, 1.807) is 16.7 Å². The lowest BCUT2D eigenvalue weighted by molar-refractivity contribution is -0.121. The summed E-state index contributed by atoms with van der Waals surface area (Å²) in [6, 6.07) is 14.8. The molecule has 0 radical (unpaired) electrons. The average molecular weight is 407 g/mol. The van der Waals surface area contributed by atoms with Gasteiger partial charge in [0.05, 0.1) is 0 Å². The summed E-state index contributed by atoms with van der Waals surface area (Å²) in [5.74, 6) is 0.464. The van der Waals surface area contributed by atoms with Gasteiger partial charge in [-0.3, -0.25) is 14.5 Å². The van der Waals surface area contributed by atoms with Gasteiger partial charge in [0.25, 0.3) is 0 Å². The van der Waals surface area contributed by atoms with Crippen molar-refractivity contribution in [2.24, 2.45) is 0 Å². The second-order valence-corrected chi connectivity index (χ2v) is 6.93. The van der Waals surface area contributed by atoms with Crippen LogP contribution in [0.25, 0.3) is 11.4 Å². The molecule has 1 heterocycles. The minimum atomic E-state index is -0.133. The Morgan fingerprint density at radius 2 is 1.69 bits per heavy atom. The van der Waals surface area contributed by atoms with Crippen LogP contribution in [0.3, 0.4) is 0 Å². The normalized spacial score (nSPS) is 10.7. The highest BCUT2D eigenvalue weighted by Gasteiger charge is 2.12. The summed E-state index contributed by atoms with van der Waals surface area (Å²) in [7, 11) is 0. The minimum absolute atomic E-state index is 0.0912. The first kappa shape index (κ1) is 18.6. The molecule has 134 valence electrons. The number of hydrogen-bond acceptors (Lipinski definition) is 3. The van der Waals surface area contributed by atoms with Crippen molar-refractivity contribution in [3.63, 3.8) is 0 Å². The molecule has 3 rings (SSSR count). The smallest absolute Gasteiger partial charge is 0.240 e. The van der Waals surface area contributed by atoms with Gasteiger partial charge >= 0.3 is 0 Å². The van der Waals surface area contributed by atoms with Crippen LogP contribution in [0.5, 0.6) is 0 Å². The van der Waals surface area contributed by atoms with Gasteiger partial charge in [-0.25, -0.2) is 0 Å². The van der Waals surface area contributed by atoms with Crippen LogP contribution in [0, 0.1) is 4.77 Å². The fourth-order valence-electron chi connectivity index (χ4n) is 2.48. The molecule has 0 saturated heterocycles. The predicted octanol–water partition coefficient (Wildman–Crippen LogP) is 4.27. The predicted molar refractivity (Wildman–Crippen MR) is 106 cm³/mol. The van der Waals surface area contributed by atoms with E-state index in [1.807, 2.05) is 36.4 Å².